The quantitative estimate of drug-likeness (QED) is 0.873. The summed E-state index contributed by atoms with van der Waals surface area (Å²) < 4.78 is 27.9. The molecule has 0 saturated heterocycles. The lowest BCUT2D eigenvalue weighted by atomic mass is 10.2. The highest BCUT2D eigenvalue weighted by atomic mass is 19.1. The Morgan fingerprint density at radius 3 is 2.59 bits per heavy atom. The third-order valence-electron chi connectivity index (χ3n) is 2.67. The second-order valence-electron chi connectivity index (χ2n) is 3.91. The third kappa shape index (κ3) is 2.13. The number of halogens is 2. The summed E-state index contributed by atoms with van der Waals surface area (Å²) in [5, 5.41) is 13.6. The summed E-state index contributed by atoms with van der Waals surface area (Å²) in [6.07, 6.45) is 0. The van der Waals surface area contributed by atoms with Gasteiger partial charge in [-0.25, -0.2) is 8.78 Å². The Balaban J connectivity index is 2.37. The van der Waals surface area contributed by atoms with Gasteiger partial charge < -0.3 is 5.11 Å². The fraction of sp³-hybridized carbons (Fsp3) is 0.250. The molecule has 3 nitrogen and oxygen atoms in total. The highest BCUT2D eigenvalue weighted by Crippen LogP contribution is 2.21. The zero-order chi connectivity index (χ0) is 12.6. The summed E-state index contributed by atoms with van der Waals surface area (Å²) >= 11 is 0. The van der Waals surface area contributed by atoms with E-state index in [9.17, 15) is 13.9 Å². The summed E-state index contributed by atoms with van der Waals surface area (Å²) in [5.41, 5.74) is 1.21. The van der Waals surface area contributed by atoms with E-state index in [1.54, 1.807) is 13.8 Å². The topological polar surface area (TPSA) is 38.0 Å². The standard InChI is InChI=1S/C12H12F2N2O/c1-7-12(17)8(2)16(15-7)6-9-5-10(13)3-4-11(9)14/h3-5,17H,6H2,1-2H3. The summed E-state index contributed by atoms with van der Waals surface area (Å²) in [7, 11) is 0. The van der Waals surface area contributed by atoms with Gasteiger partial charge in [0.1, 0.15) is 17.3 Å². The second kappa shape index (κ2) is 4.16. The van der Waals surface area contributed by atoms with E-state index in [-0.39, 0.29) is 17.9 Å². The predicted molar refractivity (Wildman–Crippen MR) is 58.8 cm³/mol. The number of rotatable bonds is 2. The summed E-state index contributed by atoms with van der Waals surface area (Å²) in [6, 6.07) is 3.27. The van der Waals surface area contributed by atoms with Crippen molar-refractivity contribution in [1.82, 2.24) is 9.78 Å². The van der Waals surface area contributed by atoms with Gasteiger partial charge in [0.25, 0.3) is 0 Å². The molecule has 2 aromatic rings. The van der Waals surface area contributed by atoms with Crippen molar-refractivity contribution in [2.24, 2.45) is 0 Å². The molecule has 0 aliphatic rings. The van der Waals surface area contributed by atoms with Crippen molar-refractivity contribution >= 4 is 0 Å². The molecule has 1 aromatic heterocycles. The molecule has 5 heteroatoms. The molecule has 0 aliphatic carbocycles. The van der Waals surface area contributed by atoms with Gasteiger partial charge in [-0.1, -0.05) is 0 Å². The fourth-order valence-corrected chi connectivity index (χ4v) is 1.67. The molecule has 0 amide bonds. The smallest absolute Gasteiger partial charge is 0.159 e. The molecule has 0 spiro atoms. The van der Waals surface area contributed by atoms with Gasteiger partial charge in [0.15, 0.2) is 5.75 Å². The van der Waals surface area contributed by atoms with Crippen LogP contribution in [-0.2, 0) is 6.54 Å². The van der Waals surface area contributed by atoms with E-state index < -0.39 is 11.6 Å². The van der Waals surface area contributed by atoms with Gasteiger partial charge in [-0.05, 0) is 32.0 Å². The van der Waals surface area contributed by atoms with Crippen LogP contribution in [0.25, 0.3) is 0 Å². The molecule has 17 heavy (non-hydrogen) atoms. The number of benzene rings is 1. The average Bonchev–Trinajstić information content (AvgIpc) is 2.52. The van der Waals surface area contributed by atoms with Crippen molar-refractivity contribution in [3.05, 3.63) is 46.8 Å². The molecule has 0 unspecified atom stereocenters. The molecule has 0 atom stereocenters. The lowest BCUT2D eigenvalue weighted by Crippen LogP contribution is -2.06. The zero-order valence-corrected chi connectivity index (χ0v) is 9.54. The molecule has 0 aliphatic heterocycles. The molecule has 1 heterocycles. The third-order valence-corrected chi connectivity index (χ3v) is 2.67. The molecular weight excluding hydrogens is 226 g/mol. The molecular formula is C12H12F2N2O. The number of hydrogen-bond donors (Lipinski definition) is 1. The van der Waals surface area contributed by atoms with Crippen molar-refractivity contribution in [2.75, 3.05) is 0 Å². The van der Waals surface area contributed by atoms with Crippen LogP contribution in [0.2, 0.25) is 0 Å². The number of hydrogen-bond acceptors (Lipinski definition) is 2. The normalized spacial score (nSPS) is 10.8. The molecule has 1 N–H and O–H groups in total. The highest BCUT2D eigenvalue weighted by molar-refractivity contribution is 5.31. The maximum atomic E-state index is 13.4. The first-order valence-electron chi connectivity index (χ1n) is 5.16. The minimum atomic E-state index is -0.493. The van der Waals surface area contributed by atoms with Crippen LogP contribution < -0.4 is 0 Å². The van der Waals surface area contributed by atoms with Crippen molar-refractivity contribution in [3.63, 3.8) is 0 Å². The fourth-order valence-electron chi connectivity index (χ4n) is 1.67. The first-order chi connectivity index (χ1) is 7.99. The Labute approximate surface area is 97.3 Å². The van der Waals surface area contributed by atoms with Gasteiger partial charge in [0.05, 0.1) is 12.2 Å². The van der Waals surface area contributed by atoms with Crippen LogP contribution in [0.4, 0.5) is 8.78 Å². The molecule has 0 radical (unpaired) electrons. The summed E-state index contributed by atoms with van der Waals surface area (Å²) in [6.45, 7) is 3.42. The Morgan fingerprint density at radius 1 is 1.29 bits per heavy atom. The monoisotopic (exact) mass is 238 g/mol. The molecule has 2 rings (SSSR count). The highest BCUT2D eigenvalue weighted by Gasteiger charge is 2.12. The first-order valence-corrected chi connectivity index (χ1v) is 5.16. The van der Waals surface area contributed by atoms with Crippen LogP contribution in [0.15, 0.2) is 18.2 Å². The van der Waals surface area contributed by atoms with E-state index in [0.29, 0.717) is 11.4 Å². The van der Waals surface area contributed by atoms with Crippen LogP contribution in [-0.4, -0.2) is 14.9 Å². The van der Waals surface area contributed by atoms with E-state index in [0.717, 1.165) is 18.2 Å². The van der Waals surface area contributed by atoms with Crippen LogP contribution in [0.5, 0.6) is 5.75 Å². The van der Waals surface area contributed by atoms with Crippen LogP contribution >= 0.6 is 0 Å². The van der Waals surface area contributed by atoms with Gasteiger partial charge in [0.2, 0.25) is 0 Å². The Hall–Kier alpha value is -1.91. The van der Waals surface area contributed by atoms with Gasteiger partial charge in [-0.2, -0.15) is 5.10 Å². The number of aromatic nitrogens is 2. The largest absolute Gasteiger partial charge is 0.504 e. The molecule has 1 aromatic carbocycles. The van der Waals surface area contributed by atoms with Gasteiger partial charge >= 0.3 is 0 Å². The van der Waals surface area contributed by atoms with Gasteiger partial charge in [-0.3, -0.25) is 4.68 Å². The molecule has 0 fully saturated rings. The first kappa shape index (κ1) is 11.6. The summed E-state index contributed by atoms with van der Waals surface area (Å²) in [5.74, 6) is -0.896. The van der Waals surface area contributed by atoms with E-state index >= 15 is 0 Å². The maximum absolute atomic E-state index is 13.4. The number of nitrogens with zero attached hydrogens (tertiary/aromatic N) is 2. The van der Waals surface area contributed by atoms with Crippen LogP contribution in [0.3, 0.4) is 0 Å². The Bertz CT molecular complexity index is 564. The van der Waals surface area contributed by atoms with E-state index in [2.05, 4.69) is 5.10 Å². The Morgan fingerprint density at radius 2 is 2.00 bits per heavy atom. The number of aryl methyl sites for hydroxylation is 1. The van der Waals surface area contributed by atoms with Crippen molar-refractivity contribution in [2.45, 2.75) is 20.4 Å². The number of aromatic hydroxyl groups is 1. The average molecular weight is 238 g/mol. The minimum Gasteiger partial charge on any atom is -0.504 e. The minimum absolute atomic E-state index is 0.0850. The Kier molecular flexibility index (Phi) is 2.83. The van der Waals surface area contributed by atoms with Gasteiger partial charge in [0, 0.05) is 5.56 Å². The van der Waals surface area contributed by atoms with Crippen molar-refractivity contribution in [3.8, 4) is 5.75 Å². The maximum Gasteiger partial charge on any atom is 0.159 e. The van der Waals surface area contributed by atoms with Crippen LogP contribution in [0, 0.1) is 25.5 Å². The van der Waals surface area contributed by atoms with E-state index in [1.165, 1.54) is 4.68 Å². The molecule has 0 bridgehead atoms. The summed E-state index contributed by atoms with van der Waals surface area (Å²) in [4.78, 5) is 0. The van der Waals surface area contributed by atoms with Crippen LogP contribution in [0.1, 0.15) is 17.0 Å². The van der Waals surface area contributed by atoms with Gasteiger partial charge in [-0.15, -0.1) is 0 Å². The zero-order valence-electron chi connectivity index (χ0n) is 9.54. The molecule has 90 valence electrons. The lowest BCUT2D eigenvalue weighted by molar-refractivity contribution is 0.465. The van der Waals surface area contributed by atoms with E-state index in [1.807, 2.05) is 0 Å². The van der Waals surface area contributed by atoms with E-state index in [4.69, 9.17) is 0 Å². The SMILES string of the molecule is Cc1nn(Cc2cc(F)ccc2F)c(C)c1O. The van der Waals surface area contributed by atoms with Crippen molar-refractivity contribution in [1.29, 1.82) is 0 Å². The molecule has 0 saturated carbocycles. The lowest BCUT2D eigenvalue weighted by Gasteiger charge is -2.05. The second-order valence-corrected chi connectivity index (χ2v) is 3.91. The predicted octanol–water partition coefficient (Wildman–Crippen LogP) is 2.53. The van der Waals surface area contributed by atoms with Crippen molar-refractivity contribution < 1.29 is 13.9 Å².